The number of alkyl halides is 3. The second-order valence-corrected chi connectivity index (χ2v) is 6.06. The lowest BCUT2D eigenvalue weighted by atomic mass is 10.2. The first kappa shape index (κ1) is 19.2. The summed E-state index contributed by atoms with van der Waals surface area (Å²) in [5.41, 5.74) is 0.600. The first-order valence-corrected chi connectivity index (χ1v) is 8.21. The van der Waals surface area contributed by atoms with Crippen LogP contribution in [0.15, 0.2) is 18.2 Å². The van der Waals surface area contributed by atoms with Gasteiger partial charge in [-0.15, -0.1) is 0 Å². The number of amides is 2. The van der Waals surface area contributed by atoms with Crippen LogP contribution in [0.25, 0.3) is 0 Å². The van der Waals surface area contributed by atoms with E-state index in [2.05, 4.69) is 0 Å². The molecule has 2 aliphatic rings. The normalized spacial score (nSPS) is 20.6. The zero-order valence-electron chi connectivity index (χ0n) is 14.1. The molecule has 1 N–H and O–H groups in total. The molecule has 0 spiro atoms. The third kappa shape index (κ3) is 4.41. The van der Waals surface area contributed by atoms with Crippen molar-refractivity contribution in [2.75, 3.05) is 49.2 Å². The van der Waals surface area contributed by atoms with Crippen LogP contribution in [0.3, 0.4) is 0 Å². The molecule has 0 aromatic heterocycles. The maximum Gasteiger partial charge on any atom is 0.471 e. The third-order valence-electron chi connectivity index (χ3n) is 4.22. The molecule has 27 heavy (non-hydrogen) atoms. The predicted molar refractivity (Wildman–Crippen MR) is 86.1 cm³/mol. The molecule has 2 fully saturated rings. The Bertz CT molecular complexity index is 722. The number of anilines is 2. The van der Waals surface area contributed by atoms with Gasteiger partial charge in [0.15, 0.2) is 0 Å². The molecule has 1 atom stereocenters. The summed E-state index contributed by atoms with van der Waals surface area (Å²) < 4.78 is 61.2. The number of carbonyl (C=O) groups excluding carboxylic acids is 2. The van der Waals surface area contributed by atoms with E-state index in [9.17, 15) is 27.2 Å². The minimum absolute atomic E-state index is 0.104. The van der Waals surface area contributed by atoms with Gasteiger partial charge in [0.2, 0.25) is 0 Å². The Morgan fingerprint density at radius 1 is 1.26 bits per heavy atom. The lowest BCUT2D eigenvalue weighted by molar-refractivity contribution is -0.173. The van der Waals surface area contributed by atoms with Gasteiger partial charge in [-0.2, -0.15) is 13.2 Å². The van der Waals surface area contributed by atoms with Crippen molar-refractivity contribution in [3.8, 4) is 0 Å². The first-order chi connectivity index (χ1) is 12.8. The topological polar surface area (TPSA) is 71.1 Å². The lowest BCUT2D eigenvalue weighted by Gasteiger charge is -2.29. The number of cyclic esters (lactones) is 1. The molecule has 1 unspecified atom stereocenters. The Kier molecular flexibility index (Phi) is 5.40. The molecule has 2 heterocycles. The maximum absolute atomic E-state index is 14.5. The fourth-order valence-electron chi connectivity index (χ4n) is 2.87. The largest absolute Gasteiger partial charge is 0.471 e. The molecule has 11 heteroatoms. The maximum atomic E-state index is 14.5. The minimum Gasteiger partial charge on any atom is -0.442 e. The zero-order chi connectivity index (χ0) is 19.6. The number of rotatable bonds is 4. The number of morpholine rings is 1. The van der Waals surface area contributed by atoms with Crippen LogP contribution in [0.1, 0.15) is 0 Å². The van der Waals surface area contributed by atoms with Gasteiger partial charge in [-0.3, -0.25) is 9.69 Å². The average Bonchev–Trinajstić information content (AvgIpc) is 3.00. The summed E-state index contributed by atoms with van der Waals surface area (Å²) >= 11 is 0. The average molecular weight is 391 g/mol. The summed E-state index contributed by atoms with van der Waals surface area (Å²) in [6.07, 6.45) is -6.80. The summed E-state index contributed by atoms with van der Waals surface area (Å²) in [4.78, 5) is 25.7. The highest BCUT2D eigenvalue weighted by Gasteiger charge is 2.40. The Balaban J connectivity index is 1.63. The van der Waals surface area contributed by atoms with Gasteiger partial charge in [0, 0.05) is 13.1 Å². The molecule has 3 rings (SSSR count). The summed E-state index contributed by atoms with van der Waals surface area (Å²) in [5.74, 6) is -2.64. The third-order valence-corrected chi connectivity index (χ3v) is 4.22. The summed E-state index contributed by atoms with van der Waals surface area (Å²) in [7, 11) is 0. The van der Waals surface area contributed by atoms with E-state index in [1.165, 1.54) is 18.2 Å². The number of hydrogen-bond acceptors (Lipinski definition) is 5. The Labute approximate surface area is 151 Å². The number of carbonyl (C=O) groups is 2. The molecule has 7 nitrogen and oxygen atoms in total. The molecular weight excluding hydrogens is 374 g/mol. The van der Waals surface area contributed by atoms with Gasteiger partial charge in [0.1, 0.15) is 11.9 Å². The van der Waals surface area contributed by atoms with Crippen molar-refractivity contribution in [1.29, 1.82) is 0 Å². The van der Waals surface area contributed by atoms with Crippen molar-refractivity contribution in [1.82, 2.24) is 5.32 Å². The summed E-state index contributed by atoms with van der Waals surface area (Å²) in [5, 5.41) is 1.66. The molecule has 0 radical (unpaired) electrons. The second-order valence-electron chi connectivity index (χ2n) is 6.06. The number of nitrogens with zero attached hydrogens (tertiary/aromatic N) is 2. The van der Waals surface area contributed by atoms with Gasteiger partial charge in [-0.05, 0) is 18.2 Å². The molecule has 2 aliphatic heterocycles. The van der Waals surface area contributed by atoms with Gasteiger partial charge in [-0.1, -0.05) is 0 Å². The molecule has 0 saturated carbocycles. The van der Waals surface area contributed by atoms with Crippen LogP contribution in [0.5, 0.6) is 0 Å². The highest BCUT2D eigenvalue weighted by molar-refractivity contribution is 5.90. The van der Waals surface area contributed by atoms with Crippen molar-refractivity contribution in [2.45, 2.75) is 12.3 Å². The smallest absolute Gasteiger partial charge is 0.442 e. The molecule has 2 saturated heterocycles. The molecule has 1 aromatic carbocycles. The quantitative estimate of drug-likeness (QED) is 0.791. The van der Waals surface area contributed by atoms with Crippen LogP contribution in [0.4, 0.5) is 33.7 Å². The molecule has 2 amide bonds. The van der Waals surface area contributed by atoms with E-state index < -0.39 is 36.6 Å². The van der Waals surface area contributed by atoms with Crippen molar-refractivity contribution in [3.63, 3.8) is 0 Å². The number of hydrogen-bond donors (Lipinski definition) is 1. The van der Waals surface area contributed by atoms with Gasteiger partial charge in [0.25, 0.3) is 0 Å². The van der Waals surface area contributed by atoms with Crippen LogP contribution < -0.4 is 15.1 Å². The van der Waals surface area contributed by atoms with Crippen molar-refractivity contribution < 1.29 is 36.6 Å². The molecule has 1 aromatic rings. The molecule has 148 valence electrons. The van der Waals surface area contributed by atoms with Crippen LogP contribution in [-0.4, -0.2) is 63.7 Å². The van der Waals surface area contributed by atoms with Gasteiger partial charge < -0.3 is 19.7 Å². The highest BCUT2D eigenvalue weighted by Crippen LogP contribution is 2.28. The van der Waals surface area contributed by atoms with E-state index in [-0.39, 0.29) is 12.2 Å². The fourth-order valence-corrected chi connectivity index (χ4v) is 2.87. The van der Waals surface area contributed by atoms with E-state index in [1.54, 1.807) is 5.32 Å². The van der Waals surface area contributed by atoms with Crippen LogP contribution >= 0.6 is 0 Å². The van der Waals surface area contributed by atoms with E-state index in [4.69, 9.17) is 9.47 Å². The van der Waals surface area contributed by atoms with Gasteiger partial charge in [0.05, 0.1) is 37.7 Å². The van der Waals surface area contributed by atoms with Crippen molar-refractivity contribution in [3.05, 3.63) is 24.0 Å². The van der Waals surface area contributed by atoms with Gasteiger partial charge in [-0.25, -0.2) is 9.18 Å². The number of nitrogens with one attached hydrogen (secondary N) is 1. The van der Waals surface area contributed by atoms with Crippen LogP contribution in [0.2, 0.25) is 0 Å². The Morgan fingerprint density at radius 3 is 2.59 bits per heavy atom. The number of halogens is 4. The van der Waals surface area contributed by atoms with Gasteiger partial charge >= 0.3 is 18.2 Å². The monoisotopic (exact) mass is 391 g/mol. The second kappa shape index (κ2) is 7.59. The number of benzene rings is 1. The van der Waals surface area contributed by atoms with Crippen LogP contribution in [-0.2, 0) is 14.3 Å². The lowest BCUT2D eigenvalue weighted by Crippen LogP contribution is -2.41. The SMILES string of the molecule is O=C1OC(CNC(=O)C(F)(F)F)CN1c1ccc(N2CCOCC2)c(F)c1. The fraction of sp³-hybridized carbons (Fsp3) is 0.500. The van der Waals surface area contributed by atoms with E-state index in [0.29, 0.717) is 32.0 Å². The molecular formula is C16H17F4N3O4. The predicted octanol–water partition coefficient (Wildman–Crippen LogP) is 1.67. The number of ether oxygens (including phenoxy) is 2. The van der Waals surface area contributed by atoms with Crippen LogP contribution in [0, 0.1) is 5.82 Å². The van der Waals surface area contributed by atoms with E-state index in [1.807, 2.05) is 4.90 Å². The standard InChI is InChI=1S/C16H17F4N3O4/c17-12-7-10(1-2-13(12)22-3-5-26-6-4-22)23-9-11(27-15(23)25)8-21-14(24)16(18,19)20/h1-2,7,11H,3-6,8-9H2,(H,21,24). The van der Waals surface area contributed by atoms with Crippen molar-refractivity contribution in [2.24, 2.45) is 0 Å². The Morgan fingerprint density at radius 2 is 1.96 bits per heavy atom. The van der Waals surface area contributed by atoms with E-state index >= 15 is 0 Å². The minimum atomic E-state index is -5.01. The highest BCUT2D eigenvalue weighted by atomic mass is 19.4. The zero-order valence-corrected chi connectivity index (χ0v) is 14.1. The summed E-state index contributed by atoms with van der Waals surface area (Å²) in [6, 6.07) is 4.23. The Hall–Kier alpha value is -2.56. The molecule has 0 bridgehead atoms. The molecule has 0 aliphatic carbocycles. The summed E-state index contributed by atoms with van der Waals surface area (Å²) in [6.45, 7) is 1.48. The van der Waals surface area contributed by atoms with Crippen molar-refractivity contribution >= 4 is 23.4 Å². The van der Waals surface area contributed by atoms with E-state index in [0.717, 1.165) is 4.90 Å². The first-order valence-electron chi connectivity index (χ1n) is 8.21.